The van der Waals surface area contributed by atoms with E-state index in [1.807, 2.05) is 20.8 Å². The van der Waals surface area contributed by atoms with Crippen LogP contribution in [0.15, 0.2) is 30.6 Å². The lowest BCUT2D eigenvalue weighted by Crippen LogP contribution is -2.37. The van der Waals surface area contributed by atoms with Crippen LogP contribution in [0.2, 0.25) is 0 Å². The molecule has 0 atom stereocenters. The lowest BCUT2D eigenvalue weighted by molar-refractivity contribution is -0.384. The van der Waals surface area contributed by atoms with Gasteiger partial charge >= 0.3 is 6.09 Å². The van der Waals surface area contributed by atoms with E-state index in [0.29, 0.717) is 24.0 Å². The molecule has 1 aromatic carbocycles. The Morgan fingerprint density at radius 2 is 1.94 bits per heavy atom. The number of nitro benzene ring substituents is 1. The average Bonchev–Trinajstić information content (AvgIpc) is 2.72. The van der Waals surface area contributed by atoms with Gasteiger partial charge in [-0.25, -0.2) is 19.2 Å². The van der Waals surface area contributed by atoms with E-state index in [2.05, 4.69) is 20.6 Å². The number of nitrogens with one attached hydrogen (secondary N) is 2. The summed E-state index contributed by atoms with van der Waals surface area (Å²) in [6.45, 7) is 6.07. The summed E-state index contributed by atoms with van der Waals surface area (Å²) >= 11 is 0. The Hall–Kier alpha value is -3.30. The van der Waals surface area contributed by atoms with Gasteiger partial charge in [0, 0.05) is 18.7 Å². The summed E-state index contributed by atoms with van der Waals surface area (Å²) in [5.41, 5.74) is -0.271. The summed E-state index contributed by atoms with van der Waals surface area (Å²) in [4.78, 5) is 30.8. The fourth-order valence-electron chi connectivity index (χ4n) is 3.72. The Bertz CT molecular complexity index is 971. The highest BCUT2D eigenvalue weighted by molar-refractivity contribution is 5.72. The van der Waals surface area contributed by atoms with Gasteiger partial charge in [-0.3, -0.25) is 10.1 Å². The molecule has 2 aromatic rings. The lowest BCUT2D eigenvalue weighted by Gasteiger charge is -2.30. The largest absolute Gasteiger partial charge is 0.444 e. The number of nitrogens with zero attached hydrogens (tertiary/aromatic N) is 3. The summed E-state index contributed by atoms with van der Waals surface area (Å²) in [7, 11) is 0. The number of hydrogen-bond donors (Lipinski definition) is 2. The fourth-order valence-corrected chi connectivity index (χ4v) is 3.72. The Morgan fingerprint density at radius 1 is 1.22 bits per heavy atom. The summed E-state index contributed by atoms with van der Waals surface area (Å²) < 4.78 is 18.7. The highest BCUT2D eigenvalue weighted by Crippen LogP contribution is 2.31. The molecule has 0 unspecified atom stereocenters. The van der Waals surface area contributed by atoms with Gasteiger partial charge in [0.2, 0.25) is 0 Å². The first-order valence-corrected chi connectivity index (χ1v) is 10.6. The van der Waals surface area contributed by atoms with Gasteiger partial charge in [-0.05, 0) is 64.5 Å². The van der Waals surface area contributed by atoms with Crippen LogP contribution in [0.25, 0.3) is 11.3 Å². The molecule has 1 heterocycles. The lowest BCUT2D eigenvalue weighted by atomic mass is 9.86. The molecule has 1 saturated carbocycles. The minimum Gasteiger partial charge on any atom is -0.444 e. The quantitative estimate of drug-likeness (QED) is 0.489. The molecule has 0 spiro atoms. The third-order valence-corrected chi connectivity index (χ3v) is 5.23. The number of benzene rings is 1. The normalized spacial score (nSPS) is 18.6. The Morgan fingerprint density at radius 3 is 2.59 bits per heavy atom. The number of hydrogen-bond acceptors (Lipinski definition) is 7. The minimum atomic E-state index is -0.675. The molecule has 0 aliphatic heterocycles. The molecule has 0 bridgehead atoms. The number of alkyl carbamates (subject to hydrolysis) is 1. The summed E-state index contributed by atoms with van der Waals surface area (Å²) in [6.07, 6.45) is 4.61. The molecule has 9 nitrogen and oxygen atoms in total. The van der Waals surface area contributed by atoms with E-state index in [9.17, 15) is 19.3 Å². The van der Waals surface area contributed by atoms with Crippen LogP contribution in [0.1, 0.15) is 46.5 Å². The van der Waals surface area contributed by atoms with Gasteiger partial charge in [-0.15, -0.1) is 0 Å². The molecular formula is C22H28FN5O4. The van der Waals surface area contributed by atoms with E-state index in [4.69, 9.17) is 4.74 Å². The smallest absolute Gasteiger partial charge is 0.407 e. The highest BCUT2D eigenvalue weighted by atomic mass is 19.1. The Balaban J connectivity index is 1.56. The molecule has 3 rings (SSSR count). The van der Waals surface area contributed by atoms with Crippen LogP contribution in [0, 0.1) is 21.8 Å². The first-order chi connectivity index (χ1) is 15.1. The van der Waals surface area contributed by atoms with E-state index in [-0.39, 0.29) is 17.3 Å². The standard InChI is InChI=1S/C22H28FN5O4/c1-22(2,3)32-21(29)24-12-14-4-7-16(8-5-14)27-20-11-18(25-13-26-20)17-9-6-15(23)10-19(17)28(30)31/h6,9-11,13-14,16H,4-5,7-8,12H2,1-3H3,(H,24,29)(H,25,26,27). The second-order valence-electron chi connectivity index (χ2n) is 8.95. The molecular weight excluding hydrogens is 417 g/mol. The van der Waals surface area contributed by atoms with Gasteiger partial charge in [0.15, 0.2) is 0 Å². The zero-order valence-electron chi connectivity index (χ0n) is 18.4. The van der Waals surface area contributed by atoms with Gasteiger partial charge in [0.25, 0.3) is 5.69 Å². The number of amides is 1. The molecule has 1 aliphatic carbocycles. The topological polar surface area (TPSA) is 119 Å². The minimum absolute atomic E-state index is 0.193. The first kappa shape index (κ1) is 23.4. The van der Waals surface area contributed by atoms with Crippen molar-refractivity contribution >= 4 is 17.6 Å². The molecule has 172 valence electrons. The van der Waals surface area contributed by atoms with E-state index >= 15 is 0 Å². The fraction of sp³-hybridized carbons (Fsp3) is 0.500. The number of carbonyl (C=O) groups excluding carboxylic acids is 1. The maximum atomic E-state index is 13.4. The van der Waals surface area contributed by atoms with Crippen molar-refractivity contribution in [2.75, 3.05) is 11.9 Å². The van der Waals surface area contributed by atoms with Crippen molar-refractivity contribution in [2.45, 2.75) is 58.1 Å². The monoisotopic (exact) mass is 445 g/mol. The van der Waals surface area contributed by atoms with Gasteiger partial charge in [0.1, 0.15) is 23.6 Å². The number of aromatic nitrogens is 2. The van der Waals surface area contributed by atoms with Gasteiger partial charge in [-0.1, -0.05) is 0 Å². The van der Waals surface area contributed by atoms with E-state index in [1.54, 1.807) is 6.07 Å². The van der Waals surface area contributed by atoms with Crippen LogP contribution < -0.4 is 10.6 Å². The number of ether oxygens (including phenoxy) is 1. The summed E-state index contributed by atoms with van der Waals surface area (Å²) in [5.74, 6) is 0.262. The third-order valence-electron chi connectivity index (χ3n) is 5.23. The van der Waals surface area contributed by atoms with Crippen molar-refractivity contribution in [3.63, 3.8) is 0 Å². The zero-order chi connectivity index (χ0) is 23.3. The molecule has 32 heavy (non-hydrogen) atoms. The van der Waals surface area contributed by atoms with E-state index in [0.717, 1.165) is 31.7 Å². The SMILES string of the molecule is CC(C)(C)OC(=O)NCC1CCC(Nc2cc(-c3ccc(F)cc3[N+](=O)[O-])ncn2)CC1. The van der Waals surface area contributed by atoms with Gasteiger partial charge in [-0.2, -0.15) is 0 Å². The van der Waals surface area contributed by atoms with Crippen molar-refractivity contribution in [2.24, 2.45) is 5.92 Å². The van der Waals surface area contributed by atoms with Crippen molar-refractivity contribution in [3.05, 3.63) is 46.5 Å². The van der Waals surface area contributed by atoms with E-state index in [1.165, 1.54) is 18.5 Å². The van der Waals surface area contributed by atoms with Crippen LogP contribution in [0.3, 0.4) is 0 Å². The average molecular weight is 445 g/mol. The number of carbonyl (C=O) groups is 1. The molecule has 10 heteroatoms. The second-order valence-corrected chi connectivity index (χ2v) is 8.95. The van der Waals surface area contributed by atoms with Crippen molar-refractivity contribution < 1.29 is 18.8 Å². The molecule has 1 amide bonds. The van der Waals surface area contributed by atoms with Crippen molar-refractivity contribution in [3.8, 4) is 11.3 Å². The molecule has 2 N–H and O–H groups in total. The number of nitro groups is 1. The Kier molecular flexibility index (Phi) is 7.22. The van der Waals surface area contributed by atoms with Crippen LogP contribution >= 0.6 is 0 Å². The van der Waals surface area contributed by atoms with Crippen LogP contribution in [-0.2, 0) is 4.74 Å². The summed E-state index contributed by atoms with van der Waals surface area (Å²) in [6, 6.07) is 5.24. The van der Waals surface area contributed by atoms with Gasteiger partial charge < -0.3 is 15.4 Å². The maximum Gasteiger partial charge on any atom is 0.407 e. The van der Waals surface area contributed by atoms with Crippen LogP contribution in [-0.4, -0.2) is 39.2 Å². The maximum absolute atomic E-state index is 13.4. The predicted molar refractivity (Wildman–Crippen MR) is 118 cm³/mol. The molecule has 0 saturated heterocycles. The highest BCUT2D eigenvalue weighted by Gasteiger charge is 2.24. The van der Waals surface area contributed by atoms with Crippen molar-refractivity contribution in [1.82, 2.24) is 15.3 Å². The number of halogens is 1. The summed E-state index contributed by atoms with van der Waals surface area (Å²) in [5, 5.41) is 17.5. The zero-order valence-corrected chi connectivity index (χ0v) is 18.4. The molecule has 0 radical (unpaired) electrons. The third kappa shape index (κ3) is 6.60. The van der Waals surface area contributed by atoms with Gasteiger partial charge in [0.05, 0.1) is 22.2 Å². The van der Waals surface area contributed by atoms with Crippen LogP contribution in [0.4, 0.5) is 20.7 Å². The number of rotatable bonds is 6. The number of anilines is 1. The van der Waals surface area contributed by atoms with Crippen LogP contribution in [0.5, 0.6) is 0 Å². The molecule has 1 aliphatic rings. The predicted octanol–water partition coefficient (Wildman–Crippen LogP) is 4.69. The molecule has 1 aromatic heterocycles. The van der Waals surface area contributed by atoms with Crippen molar-refractivity contribution in [1.29, 1.82) is 0 Å². The molecule has 1 fully saturated rings. The second kappa shape index (κ2) is 9.88. The first-order valence-electron chi connectivity index (χ1n) is 10.6. The van der Waals surface area contributed by atoms with E-state index < -0.39 is 22.4 Å². The Labute approximate surface area is 185 Å².